The van der Waals surface area contributed by atoms with Crippen molar-refractivity contribution in [2.75, 3.05) is 23.4 Å². The molecular formula is C22H21N7O4S. The van der Waals surface area contributed by atoms with E-state index in [1.54, 1.807) is 10.9 Å². The van der Waals surface area contributed by atoms with E-state index in [-0.39, 0.29) is 28.3 Å². The Hall–Kier alpha value is -3.90. The molecule has 1 fully saturated rings. The van der Waals surface area contributed by atoms with Crippen LogP contribution in [0.3, 0.4) is 0 Å². The van der Waals surface area contributed by atoms with Gasteiger partial charge in [-0.25, -0.2) is 4.68 Å². The van der Waals surface area contributed by atoms with Crippen LogP contribution in [0.25, 0.3) is 16.7 Å². The average molecular weight is 480 g/mol. The van der Waals surface area contributed by atoms with Crippen LogP contribution in [0.15, 0.2) is 42.6 Å². The maximum atomic E-state index is 12.9. The van der Waals surface area contributed by atoms with Crippen LogP contribution in [0.2, 0.25) is 0 Å². The molecule has 1 aromatic carbocycles. The lowest BCUT2D eigenvalue weighted by Gasteiger charge is -2.23. The minimum absolute atomic E-state index is 0.0286. The maximum absolute atomic E-state index is 12.9. The highest BCUT2D eigenvalue weighted by atomic mass is 32.1. The molecule has 5 rings (SSSR count). The standard InChI is InChI=1S/C22H21N7O4S/c1-13-4-6-14(7-5-13)28-20-16(11-23-28)19(24-21(31)17-8-9-18(34-17)29(32)33)25-22(26-20)27-10-2-3-15(27)12-30/h4-9,11,15,30H,2-3,10,12H2,1H3,(H,24,25,26,31)/t15-/m0/s1. The van der Waals surface area contributed by atoms with Crippen molar-refractivity contribution < 1.29 is 14.8 Å². The number of benzene rings is 1. The van der Waals surface area contributed by atoms with Gasteiger partial charge in [0.1, 0.15) is 5.82 Å². The molecule has 0 spiro atoms. The summed E-state index contributed by atoms with van der Waals surface area (Å²) in [5.74, 6) is 0.126. The molecule has 2 N–H and O–H groups in total. The minimum Gasteiger partial charge on any atom is -0.394 e. The van der Waals surface area contributed by atoms with Crippen molar-refractivity contribution in [1.29, 1.82) is 0 Å². The highest BCUT2D eigenvalue weighted by Gasteiger charge is 2.28. The molecule has 12 heteroatoms. The number of anilines is 2. The number of carbonyl (C=O) groups is 1. The van der Waals surface area contributed by atoms with E-state index >= 15 is 0 Å². The van der Waals surface area contributed by atoms with Crippen molar-refractivity contribution in [3.05, 3.63) is 63.1 Å². The van der Waals surface area contributed by atoms with Gasteiger partial charge in [0, 0.05) is 12.6 Å². The van der Waals surface area contributed by atoms with Gasteiger partial charge in [-0.15, -0.1) is 0 Å². The first kappa shape index (κ1) is 21.9. The van der Waals surface area contributed by atoms with Crippen molar-refractivity contribution in [3.8, 4) is 5.69 Å². The number of aliphatic hydroxyl groups excluding tert-OH is 1. The number of thiophene rings is 1. The van der Waals surface area contributed by atoms with Crippen LogP contribution in [-0.2, 0) is 0 Å². The Kier molecular flexibility index (Phi) is 5.67. The number of hydrogen-bond donors (Lipinski definition) is 2. The fourth-order valence-electron chi connectivity index (χ4n) is 4.00. The summed E-state index contributed by atoms with van der Waals surface area (Å²) in [4.78, 5) is 34.8. The van der Waals surface area contributed by atoms with Crippen LogP contribution < -0.4 is 10.2 Å². The summed E-state index contributed by atoms with van der Waals surface area (Å²) in [5, 5.41) is 28.5. The summed E-state index contributed by atoms with van der Waals surface area (Å²) in [6, 6.07) is 10.4. The van der Waals surface area contributed by atoms with Crippen LogP contribution in [0.5, 0.6) is 0 Å². The van der Waals surface area contributed by atoms with E-state index in [2.05, 4.69) is 15.4 Å². The summed E-state index contributed by atoms with van der Waals surface area (Å²) in [6.07, 6.45) is 3.29. The van der Waals surface area contributed by atoms with E-state index in [9.17, 15) is 20.0 Å². The number of rotatable bonds is 6. The molecule has 1 saturated heterocycles. The number of hydrogen-bond acceptors (Lipinski definition) is 9. The number of aromatic nitrogens is 4. The van der Waals surface area contributed by atoms with Crippen LogP contribution in [0, 0.1) is 17.0 Å². The number of aliphatic hydroxyl groups is 1. The lowest BCUT2D eigenvalue weighted by molar-refractivity contribution is -0.380. The summed E-state index contributed by atoms with van der Waals surface area (Å²) < 4.78 is 1.68. The number of amides is 1. The lowest BCUT2D eigenvalue weighted by Crippen LogP contribution is -2.33. The third-order valence-electron chi connectivity index (χ3n) is 5.77. The van der Waals surface area contributed by atoms with Crippen molar-refractivity contribution in [2.45, 2.75) is 25.8 Å². The predicted octanol–water partition coefficient (Wildman–Crippen LogP) is 3.31. The topological polar surface area (TPSA) is 139 Å². The second kappa shape index (κ2) is 8.80. The van der Waals surface area contributed by atoms with Crippen molar-refractivity contribution >= 4 is 45.0 Å². The molecule has 1 aliphatic heterocycles. The highest BCUT2D eigenvalue weighted by Crippen LogP contribution is 2.30. The maximum Gasteiger partial charge on any atom is 0.324 e. The molecule has 4 aromatic rings. The Morgan fingerprint density at radius 3 is 2.76 bits per heavy atom. The van der Waals surface area contributed by atoms with E-state index in [0.717, 1.165) is 35.4 Å². The fourth-order valence-corrected chi connectivity index (χ4v) is 4.72. The van der Waals surface area contributed by atoms with Gasteiger partial charge in [-0.05, 0) is 38.0 Å². The molecule has 4 heterocycles. The third-order valence-corrected chi connectivity index (χ3v) is 6.80. The van der Waals surface area contributed by atoms with Crippen LogP contribution in [0.4, 0.5) is 16.8 Å². The normalized spacial score (nSPS) is 15.7. The van der Waals surface area contributed by atoms with Gasteiger partial charge in [-0.3, -0.25) is 14.9 Å². The Bertz CT molecular complexity index is 1380. The molecular weight excluding hydrogens is 458 g/mol. The number of nitrogens with zero attached hydrogens (tertiary/aromatic N) is 6. The molecule has 11 nitrogen and oxygen atoms in total. The molecule has 174 valence electrons. The molecule has 1 amide bonds. The van der Waals surface area contributed by atoms with Crippen molar-refractivity contribution in [2.24, 2.45) is 0 Å². The van der Waals surface area contributed by atoms with Crippen LogP contribution in [0.1, 0.15) is 28.1 Å². The predicted molar refractivity (Wildman–Crippen MR) is 128 cm³/mol. The Morgan fingerprint density at radius 2 is 2.06 bits per heavy atom. The smallest absolute Gasteiger partial charge is 0.324 e. The summed E-state index contributed by atoms with van der Waals surface area (Å²) in [7, 11) is 0. The average Bonchev–Trinajstić information content (AvgIpc) is 3.58. The van der Waals surface area contributed by atoms with Gasteiger partial charge in [-0.2, -0.15) is 15.1 Å². The first-order valence-corrected chi connectivity index (χ1v) is 11.5. The molecule has 0 bridgehead atoms. The van der Waals surface area contributed by atoms with E-state index in [4.69, 9.17) is 4.98 Å². The number of nitro groups is 1. The van der Waals surface area contributed by atoms with E-state index < -0.39 is 10.8 Å². The van der Waals surface area contributed by atoms with Gasteiger partial charge in [-0.1, -0.05) is 29.0 Å². The first-order valence-electron chi connectivity index (χ1n) is 10.7. The minimum atomic E-state index is -0.531. The highest BCUT2D eigenvalue weighted by molar-refractivity contribution is 7.17. The number of fused-ring (bicyclic) bond motifs is 1. The number of nitrogens with one attached hydrogen (secondary N) is 1. The Balaban J connectivity index is 1.59. The summed E-state index contributed by atoms with van der Waals surface area (Å²) in [6.45, 7) is 2.65. The third kappa shape index (κ3) is 3.97. The zero-order chi connectivity index (χ0) is 23.8. The molecule has 3 aromatic heterocycles. The monoisotopic (exact) mass is 479 g/mol. The second-order valence-corrected chi connectivity index (χ2v) is 9.08. The summed E-state index contributed by atoms with van der Waals surface area (Å²) in [5.41, 5.74) is 2.41. The molecule has 0 saturated carbocycles. The Morgan fingerprint density at radius 1 is 1.26 bits per heavy atom. The van der Waals surface area contributed by atoms with E-state index in [0.29, 0.717) is 23.5 Å². The molecule has 1 atom stereocenters. The molecule has 0 radical (unpaired) electrons. The zero-order valence-corrected chi connectivity index (χ0v) is 19.0. The van der Waals surface area contributed by atoms with Gasteiger partial charge in [0.25, 0.3) is 5.91 Å². The van der Waals surface area contributed by atoms with Gasteiger partial charge in [0.15, 0.2) is 5.65 Å². The van der Waals surface area contributed by atoms with Crippen LogP contribution in [-0.4, -0.2) is 54.9 Å². The summed E-state index contributed by atoms with van der Waals surface area (Å²) >= 11 is 0.792. The van der Waals surface area contributed by atoms with Crippen molar-refractivity contribution in [3.63, 3.8) is 0 Å². The van der Waals surface area contributed by atoms with Crippen LogP contribution >= 0.6 is 11.3 Å². The largest absolute Gasteiger partial charge is 0.394 e. The van der Waals surface area contributed by atoms with Gasteiger partial charge in [0.05, 0.1) is 39.7 Å². The zero-order valence-electron chi connectivity index (χ0n) is 18.2. The molecule has 34 heavy (non-hydrogen) atoms. The SMILES string of the molecule is Cc1ccc(-n2ncc3c(NC(=O)c4ccc([N+](=O)[O-])s4)nc(N4CCC[C@H]4CO)nc32)cc1. The quantitative estimate of drug-likeness (QED) is 0.317. The second-order valence-electron chi connectivity index (χ2n) is 8.02. The lowest BCUT2D eigenvalue weighted by atomic mass is 10.2. The molecule has 1 aliphatic rings. The van der Waals surface area contributed by atoms with Gasteiger partial charge in [0.2, 0.25) is 5.95 Å². The first-order chi connectivity index (χ1) is 16.4. The fraction of sp³-hybridized carbons (Fsp3) is 0.273. The van der Waals surface area contributed by atoms with Gasteiger partial charge < -0.3 is 15.3 Å². The molecule has 0 aliphatic carbocycles. The van der Waals surface area contributed by atoms with E-state index in [1.807, 2.05) is 36.1 Å². The van der Waals surface area contributed by atoms with E-state index in [1.165, 1.54) is 12.1 Å². The number of aryl methyl sites for hydroxylation is 1. The molecule has 0 unspecified atom stereocenters. The van der Waals surface area contributed by atoms with Crippen molar-refractivity contribution in [1.82, 2.24) is 19.7 Å². The Labute approximate surface area is 197 Å². The van der Waals surface area contributed by atoms with Gasteiger partial charge >= 0.3 is 5.00 Å². The number of carbonyl (C=O) groups excluding carboxylic acids is 1.